The largest absolute Gasteiger partial charge is 0.364 e. The van der Waals surface area contributed by atoms with Crippen molar-refractivity contribution in [2.24, 2.45) is 5.73 Å². The highest BCUT2D eigenvalue weighted by molar-refractivity contribution is 6.02. The number of nitrogens with zero attached hydrogens (tertiary/aromatic N) is 1. The molecule has 1 amide bonds. The summed E-state index contributed by atoms with van der Waals surface area (Å²) in [5.74, 6) is 1.94. The van der Waals surface area contributed by atoms with Gasteiger partial charge >= 0.3 is 0 Å². The lowest BCUT2D eigenvalue weighted by molar-refractivity contribution is 0.0995. The van der Waals surface area contributed by atoms with Gasteiger partial charge in [-0.15, -0.1) is 6.42 Å². The Morgan fingerprint density at radius 2 is 2.09 bits per heavy atom. The van der Waals surface area contributed by atoms with Crippen LogP contribution in [0.25, 0.3) is 22.0 Å². The minimum atomic E-state index is -0.574. The number of hydrogen-bond donors (Lipinski definition) is 1. The number of carbonyl (C=O) groups excluding carboxylic acids is 2. The molecule has 4 heteroatoms. The van der Waals surface area contributed by atoms with Crippen molar-refractivity contribution in [1.29, 1.82) is 0 Å². The highest BCUT2D eigenvalue weighted by Gasteiger charge is 2.09. The number of fused-ring (bicyclic) bond motifs is 1. The third-order valence-electron chi connectivity index (χ3n) is 3.63. The first-order valence-corrected chi connectivity index (χ1v) is 6.90. The van der Waals surface area contributed by atoms with Crippen LogP contribution in [-0.4, -0.2) is 17.2 Å². The van der Waals surface area contributed by atoms with Gasteiger partial charge in [-0.1, -0.05) is 30.2 Å². The van der Waals surface area contributed by atoms with Crippen molar-refractivity contribution in [3.05, 3.63) is 65.4 Å². The molecular formula is C19H15N2O2. The number of terminal acetylenes is 1. The maximum absolute atomic E-state index is 11.3. The molecule has 23 heavy (non-hydrogen) atoms. The summed E-state index contributed by atoms with van der Waals surface area (Å²) in [6, 6.07) is 14.2. The highest BCUT2D eigenvalue weighted by Crippen LogP contribution is 2.26. The Hall–Kier alpha value is -3.45. The molecule has 1 heterocycles. The van der Waals surface area contributed by atoms with E-state index in [0.29, 0.717) is 16.8 Å². The molecule has 2 aromatic carbocycles. The quantitative estimate of drug-likeness (QED) is 0.596. The standard InChI is InChI=1S/C19H12N2O2.H2.H/c1-2-12-6-7-13-10-14(8-9-15(13)16(12)11-22)17-4-3-5-18(21-17)19(20)23;;/h1,3-11H,(H2,20,23);1H;. The molecule has 1 radical (unpaired) electrons. The van der Waals surface area contributed by atoms with E-state index in [1.165, 1.54) is 0 Å². The van der Waals surface area contributed by atoms with Crippen LogP contribution in [0.3, 0.4) is 0 Å². The second kappa shape index (κ2) is 5.74. The predicted octanol–water partition coefficient (Wildman–Crippen LogP) is 3.15. The summed E-state index contributed by atoms with van der Waals surface area (Å²) in [4.78, 5) is 26.8. The maximum atomic E-state index is 11.3. The third-order valence-corrected chi connectivity index (χ3v) is 3.63. The summed E-state index contributed by atoms with van der Waals surface area (Å²) in [6.07, 6.45) is 6.19. The van der Waals surface area contributed by atoms with Gasteiger partial charge in [0, 0.05) is 19.5 Å². The van der Waals surface area contributed by atoms with Crippen molar-refractivity contribution < 1.29 is 12.4 Å². The molecule has 1 aromatic heterocycles. The van der Waals surface area contributed by atoms with E-state index in [4.69, 9.17) is 12.2 Å². The van der Waals surface area contributed by atoms with E-state index in [1.807, 2.05) is 24.3 Å². The van der Waals surface area contributed by atoms with Crippen molar-refractivity contribution in [2.75, 3.05) is 0 Å². The zero-order valence-corrected chi connectivity index (χ0v) is 12.1. The fourth-order valence-corrected chi connectivity index (χ4v) is 2.50. The third kappa shape index (κ3) is 2.56. The van der Waals surface area contributed by atoms with E-state index in [2.05, 4.69) is 10.9 Å². The molecule has 3 aromatic rings. The van der Waals surface area contributed by atoms with Crippen LogP contribution in [-0.2, 0) is 0 Å². The molecule has 0 atom stereocenters. The van der Waals surface area contributed by atoms with E-state index >= 15 is 0 Å². The van der Waals surface area contributed by atoms with Crippen molar-refractivity contribution >= 4 is 23.0 Å². The lowest BCUT2D eigenvalue weighted by Crippen LogP contribution is -2.12. The van der Waals surface area contributed by atoms with E-state index in [0.717, 1.165) is 22.6 Å². The Balaban J connectivity index is 0.00000156. The Labute approximate surface area is 135 Å². The number of benzene rings is 2. The summed E-state index contributed by atoms with van der Waals surface area (Å²) >= 11 is 0. The second-order valence-corrected chi connectivity index (χ2v) is 5.00. The number of rotatable bonds is 3. The molecule has 113 valence electrons. The van der Waals surface area contributed by atoms with Crippen LogP contribution in [0.15, 0.2) is 48.5 Å². The van der Waals surface area contributed by atoms with Gasteiger partial charge in [0.2, 0.25) is 0 Å². The zero-order valence-electron chi connectivity index (χ0n) is 13.1. The molecule has 0 bridgehead atoms. The topological polar surface area (TPSA) is 73.1 Å². The van der Waals surface area contributed by atoms with Gasteiger partial charge in [0.1, 0.15) is 5.69 Å². The van der Waals surface area contributed by atoms with Crippen molar-refractivity contribution in [3.8, 4) is 23.6 Å². The molecule has 0 spiro atoms. The summed E-state index contributed by atoms with van der Waals surface area (Å²) in [6.45, 7) is 0. The Morgan fingerprint density at radius 1 is 1.26 bits per heavy atom. The van der Waals surface area contributed by atoms with Crippen LogP contribution < -0.4 is 5.73 Å². The normalized spacial score (nSPS) is 10.2. The second-order valence-electron chi connectivity index (χ2n) is 5.00. The summed E-state index contributed by atoms with van der Waals surface area (Å²) in [5.41, 5.74) is 7.99. The van der Waals surface area contributed by atoms with E-state index in [-0.39, 0.29) is 8.55 Å². The first-order valence-electron chi connectivity index (χ1n) is 6.90. The molecule has 3 rings (SSSR count). The molecular weight excluding hydrogens is 288 g/mol. The summed E-state index contributed by atoms with van der Waals surface area (Å²) < 4.78 is 0. The van der Waals surface area contributed by atoms with Crippen LogP contribution in [0.2, 0.25) is 0 Å². The molecule has 0 aliphatic rings. The lowest BCUT2D eigenvalue weighted by atomic mass is 9.97. The van der Waals surface area contributed by atoms with Crippen molar-refractivity contribution in [1.82, 2.24) is 4.98 Å². The number of primary amides is 1. The summed E-state index contributed by atoms with van der Waals surface area (Å²) in [5, 5.41) is 1.65. The van der Waals surface area contributed by atoms with Crippen molar-refractivity contribution in [2.45, 2.75) is 0 Å². The van der Waals surface area contributed by atoms with Crippen LogP contribution in [0.1, 0.15) is 29.3 Å². The number of aromatic nitrogens is 1. The smallest absolute Gasteiger partial charge is 0.267 e. The van der Waals surface area contributed by atoms with Gasteiger partial charge in [-0.2, -0.15) is 0 Å². The Morgan fingerprint density at radius 3 is 2.78 bits per heavy atom. The van der Waals surface area contributed by atoms with Gasteiger partial charge in [0.15, 0.2) is 6.29 Å². The monoisotopic (exact) mass is 303 g/mol. The number of hydrogen-bond acceptors (Lipinski definition) is 3. The molecule has 0 fully saturated rings. The molecule has 0 aliphatic carbocycles. The van der Waals surface area contributed by atoms with Gasteiger partial charge < -0.3 is 5.73 Å². The van der Waals surface area contributed by atoms with Crippen LogP contribution in [0, 0.1) is 12.3 Å². The molecule has 0 saturated heterocycles. The number of pyridine rings is 1. The van der Waals surface area contributed by atoms with Gasteiger partial charge in [-0.25, -0.2) is 4.98 Å². The maximum Gasteiger partial charge on any atom is 0.267 e. The minimum Gasteiger partial charge on any atom is -0.364 e. The average molecular weight is 303 g/mol. The Kier molecular flexibility index (Phi) is 3.62. The first kappa shape index (κ1) is 14.5. The van der Waals surface area contributed by atoms with Crippen LogP contribution in [0.4, 0.5) is 0 Å². The first-order chi connectivity index (χ1) is 11.1. The van der Waals surface area contributed by atoms with Gasteiger partial charge in [0.25, 0.3) is 5.91 Å². The number of carbonyl (C=O) groups is 2. The number of aldehydes is 1. The average Bonchev–Trinajstić information content (AvgIpc) is 2.60. The highest BCUT2D eigenvalue weighted by atomic mass is 16.1. The fourth-order valence-electron chi connectivity index (χ4n) is 2.50. The van der Waals surface area contributed by atoms with E-state index in [1.54, 1.807) is 24.3 Å². The predicted molar refractivity (Wildman–Crippen MR) is 92.2 cm³/mol. The summed E-state index contributed by atoms with van der Waals surface area (Å²) in [7, 11) is 0. The van der Waals surface area contributed by atoms with E-state index < -0.39 is 5.91 Å². The molecule has 0 saturated carbocycles. The van der Waals surface area contributed by atoms with E-state index in [9.17, 15) is 9.59 Å². The van der Waals surface area contributed by atoms with Gasteiger partial charge in [-0.05, 0) is 35.0 Å². The molecule has 0 aliphatic heterocycles. The number of amides is 1. The molecule has 4 nitrogen and oxygen atoms in total. The van der Waals surface area contributed by atoms with Crippen LogP contribution >= 0.6 is 0 Å². The van der Waals surface area contributed by atoms with Gasteiger partial charge in [-0.3, -0.25) is 9.59 Å². The van der Waals surface area contributed by atoms with Crippen LogP contribution in [0.5, 0.6) is 0 Å². The molecule has 2 N–H and O–H groups in total. The number of nitrogens with two attached hydrogens (primary N) is 1. The minimum absolute atomic E-state index is 0. The van der Waals surface area contributed by atoms with Gasteiger partial charge in [0.05, 0.1) is 5.69 Å². The zero-order chi connectivity index (χ0) is 16.4. The SMILES string of the molecule is C#Cc1ccc2cc(-c3cccc(C(N)=O)n3)ccc2c1C=O.[HH].[H]. The van der Waals surface area contributed by atoms with Crippen molar-refractivity contribution in [3.63, 3.8) is 0 Å². The fraction of sp³-hybridized carbons (Fsp3) is 0. The lowest BCUT2D eigenvalue weighted by Gasteiger charge is -2.07. The molecule has 0 unspecified atom stereocenters. The Bertz CT molecular complexity index is 994.